The van der Waals surface area contributed by atoms with Crippen LogP contribution in [0.1, 0.15) is 18.5 Å². The van der Waals surface area contributed by atoms with Crippen LogP contribution in [0.5, 0.6) is 0 Å². The van der Waals surface area contributed by atoms with Crippen LogP contribution in [0.4, 0.5) is 5.69 Å². The van der Waals surface area contributed by atoms with Gasteiger partial charge in [-0.2, -0.15) is 5.26 Å². The highest BCUT2D eigenvalue weighted by Crippen LogP contribution is 2.11. The summed E-state index contributed by atoms with van der Waals surface area (Å²) in [5, 5.41) is 17.1. The van der Waals surface area contributed by atoms with Gasteiger partial charge >= 0.3 is 5.97 Å². The first-order valence-electron chi connectivity index (χ1n) is 4.92. The average Bonchev–Trinajstić information content (AvgIpc) is 2.28. The molecule has 5 heteroatoms. The molecule has 0 saturated carbocycles. The molecule has 1 rings (SSSR count). The SMILES string of the molecule is CN(CCCC(=O)O)c1ccc(C#N)nc1. The Morgan fingerprint density at radius 2 is 2.38 bits per heavy atom. The highest BCUT2D eigenvalue weighted by molar-refractivity contribution is 5.66. The van der Waals surface area contributed by atoms with Crippen molar-refractivity contribution in [2.75, 3.05) is 18.5 Å². The zero-order valence-corrected chi connectivity index (χ0v) is 9.05. The molecule has 0 unspecified atom stereocenters. The van der Waals surface area contributed by atoms with E-state index < -0.39 is 5.97 Å². The Balaban J connectivity index is 2.49. The molecule has 0 atom stereocenters. The molecular weight excluding hydrogens is 206 g/mol. The molecule has 1 heterocycles. The van der Waals surface area contributed by atoms with Gasteiger partial charge in [-0.25, -0.2) is 4.98 Å². The lowest BCUT2D eigenvalue weighted by molar-refractivity contribution is -0.137. The number of carboxylic acid groups (broad SMARTS) is 1. The van der Waals surface area contributed by atoms with E-state index in [-0.39, 0.29) is 6.42 Å². The monoisotopic (exact) mass is 219 g/mol. The Labute approximate surface area is 93.9 Å². The predicted molar refractivity (Wildman–Crippen MR) is 59.1 cm³/mol. The van der Waals surface area contributed by atoms with Gasteiger partial charge in [0.2, 0.25) is 0 Å². The van der Waals surface area contributed by atoms with Gasteiger partial charge in [-0.15, -0.1) is 0 Å². The second-order valence-corrected chi connectivity index (χ2v) is 3.43. The standard InChI is InChI=1S/C11H13N3O2/c1-14(6-2-3-11(15)16)10-5-4-9(7-12)13-8-10/h4-5,8H,2-3,6H2,1H3,(H,15,16). The number of pyridine rings is 1. The van der Waals surface area contributed by atoms with Crippen LogP contribution in [0.3, 0.4) is 0 Å². The molecule has 0 aromatic carbocycles. The molecule has 0 radical (unpaired) electrons. The maximum Gasteiger partial charge on any atom is 0.303 e. The van der Waals surface area contributed by atoms with Gasteiger partial charge in [0.25, 0.3) is 0 Å². The number of aromatic nitrogens is 1. The summed E-state index contributed by atoms with van der Waals surface area (Å²) in [5.41, 5.74) is 1.26. The third kappa shape index (κ3) is 3.58. The normalized spacial score (nSPS) is 9.50. The summed E-state index contributed by atoms with van der Waals surface area (Å²) in [7, 11) is 1.87. The van der Waals surface area contributed by atoms with Gasteiger partial charge in [-0.05, 0) is 18.6 Å². The van der Waals surface area contributed by atoms with Crippen LogP contribution in [-0.2, 0) is 4.79 Å². The first kappa shape index (κ1) is 12.0. The van der Waals surface area contributed by atoms with Gasteiger partial charge in [0.1, 0.15) is 11.8 Å². The summed E-state index contributed by atoms with van der Waals surface area (Å²) >= 11 is 0. The fraction of sp³-hybridized carbons (Fsp3) is 0.364. The van der Waals surface area contributed by atoms with Crippen LogP contribution in [0.15, 0.2) is 18.3 Å². The Morgan fingerprint density at radius 3 is 2.88 bits per heavy atom. The fourth-order valence-electron chi connectivity index (χ4n) is 1.27. The third-order valence-electron chi connectivity index (χ3n) is 2.19. The molecule has 1 aromatic rings. The van der Waals surface area contributed by atoms with Crippen molar-refractivity contribution in [1.82, 2.24) is 4.98 Å². The number of carboxylic acids is 1. The van der Waals surface area contributed by atoms with Crippen molar-refractivity contribution >= 4 is 11.7 Å². The van der Waals surface area contributed by atoms with E-state index >= 15 is 0 Å². The number of carbonyl (C=O) groups is 1. The summed E-state index contributed by atoms with van der Waals surface area (Å²) in [6.45, 7) is 0.653. The molecular formula is C11H13N3O2. The third-order valence-corrected chi connectivity index (χ3v) is 2.19. The van der Waals surface area contributed by atoms with E-state index in [0.29, 0.717) is 18.7 Å². The smallest absolute Gasteiger partial charge is 0.303 e. The summed E-state index contributed by atoms with van der Waals surface area (Å²) in [5.74, 6) is -0.786. The molecule has 0 aliphatic heterocycles. The summed E-state index contributed by atoms with van der Waals surface area (Å²) in [6, 6.07) is 5.38. The van der Waals surface area contributed by atoms with Crippen LogP contribution in [0.2, 0.25) is 0 Å². The maximum atomic E-state index is 10.3. The summed E-state index contributed by atoms with van der Waals surface area (Å²) in [4.78, 5) is 16.2. The van der Waals surface area contributed by atoms with E-state index in [4.69, 9.17) is 10.4 Å². The predicted octanol–water partition coefficient (Wildman–Crippen LogP) is 1.25. The van der Waals surface area contributed by atoms with Crippen molar-refractivity contribution in [2.45, 2.75) is 12.8 Å². The Bertz CT molecular complexity index is 395. The summed E-state index contributed by atoms with van der Waals surface area (Å²) < 4.78 is 0. The fourth-order valence-corrected chi connectivity index (χ4v) is 1.27. The molecule has 5 nitrogen and oxygen atoms in total. The molecule has 0 aliphatic carbocycles. The Hall–Kier alpha value is -2.09. The molecule has 1 aromatic heterocycles. The minimum atomic E-state index is -0.786. The molecule has 0 fully saturated rings. The average molecular weight is 219 g/mol. The molecule has 0 bridgehead atoms. The number of rotatable bonds is 5. The number of nitriles is 1. The van der Waals surface area contributed by atoms with Crippen molar-refractivity contribution < 1.29 is 9.90 Å². The van der Waals surface area contributed by atoms with E-state index in [2.05, 4.69) is 4.98 Å². The topological polar surface area (TPSA) is 77.2 Å². The van der Waals surface area contributed by atoms with E-state index in [1.54, 1.807) is 18.3 Å². The van der Waals surface area contributed by atoms with Crippen molar-refractivity contribution in [3.8, 4) is 6.07 Å². The van der Waals surface area contributed by atoms with Gasteiger partial charge in [0.05, 0.1) is 11.9 Å². The number of aliphatic carboxylic acids is 1. The van der Waals surface area contributed by atoms with Crippen LogP contribution in [0.25, 0.3) is 0 Å². The number of anilines is 1. The van der Waals surface area contributed by atoms with Gasteiger partial charge in [0.15, 0.2) is 0 Å². The first-order valence-corrected chi connectivity index (χ1v) is 4.92. The first-order chi connectivity index (χ1) is 7.63. The van der Waals surface area contributed by atoms with Crippen molar-refractivity contribution in [1.29, 1.82) is 5.26 Å². The minimum absolute atomic E-state index is 0.161. The lowest BCUT2D eigenvalue weighted by Gasteiger charge is -2.18. The van der Waals surface area contributed by atoms with E-state index in [1.807, 2.05) is 18.0 Å². The van der Waals surface area contributed by atoms with Gasteiger partial charge in [-0.3, -0.25) is 4.79 Å². The molecule has 0 amide bonds. The lowest BCUT2D eigenvalue weighted by Crippen LogP contribution is -2.19. The molecule has 84 valence electrons. The second kappa shape index (κ2) is 5.71. The largest absolute Gasteiger partial charge is 0.481 e. The van der Waals surface area contributed by atoms with Crippen LogP contribution < -0.4 is 4.90 Å². The zero-order valence-electron chi connectivity index (χ0n) is 9.05. The number of hydrogen-bond donors (Lipinski definition) is 1. The minimum Gasteiger partial charge on any atom is -0.481 e. The Kier molecular flexibility index (Phi) is 4.28. The van der Waals surface area contributed by atoms with Crippen molar-refractivity contribution in [3.05, 3.63) is 24.0 Å². The molecule has 0 aliphatic rings. The quantitative estimate of drug-likeness (QED) is 0.806. The molecule has 16 heavy (non-hydrogen) atoms. The van der Waals surface area contributed by atoms with Crippen LogP contribution in [-0.4, -0.2) is 29.7 Å². The lowest BCUT2D eigenvalue weighted by atomic mass is 10.2. The van der Waals surface area contributed by atoms with Crippen molar-refractivity contribution in [3.63, 3.8) is 0 Å². The number of nitrogens with zero attached hydrogens (tertiary/aromatic N) is 3. The summed E-state index contributed by atoms with van der Waals surface area (Å²) in [6.07, 6.45) is 2.36. The van der Waals surface area contributed by atoms with Gasteiger partial charge in [0, 0.05) is 20.0 Å². The van der Waals surface area contributed by atoms with Crippen LogP contribution in [0, 0.1) is 11.3 Å². The molecule has 1 N–H and O–H groups in total. The second-order valence-electron chi connectivity index (χ2n) is 3.43. The van der Waals surface area contributed by atoms with Crippen LogP contribution >= 0.6 is 0 Å². The van der Waals surface area contributed by atoms with Crippen molar-refractivity contribution in [2.24, 2.45) is 0 Å². The molecule has 0 spiro atoms. The van der Waals surface area contributed by atoms with E-state index in [1.165, 1.54) is 0 Å². The van der Waals surface area contributed by atoms with Gasteiger partial charge < -0.3 is 10.0 Å². The number of hydrogen-bond acceptors (Lipinski definition) is 4. The van der Waals surface area contributed by atoms with E-state index in [9.17, 15) is 4.79 Å². The van der Waals surface area contributed by atoms with Gasteiger partial charge in [-0.1, -0.05) is 0 Å². The zero-order chi connectivity index (χ0) is 12.0. The highest BCUT2D eigenvalue weighted by atomic mass is 16.4. The van der Waals surface area contributed by atoms with E-state index in [0.717, 1.165) is 5.69 Å². The Morgan fingerprint density at radius 1 is 1.62 bits per heavy atom. The maximum absolute atomic E-state index is 10.3. The molecule has 0 saturated heterocycles. The highest BCUT2D eigenvalue weighted by Gasteiger charge is 2.03.